The molecule has 5 rings (SSSR count). The molecule has 6 heteroatoms. The maximum atomic E-state index is 13.1. The number of aryl methyl sites for hydroxylation is 1. The molecular weight excluding hydrogens is 436 g/mol. The number of carbonyl (C=O) groups excluding carboxylic acids is 1. The number of aromatic nitrogens is 1. The second kappa shape index (κ2) is 11.3. The molecule has 3 aromatic rings. The van der Waals surface area contributed by atoms with E-state index in [4.69, 9.17) is 4.74 Å². The summed E-state index contributed by atoms with van der Waals surface area (Å²) in [6, 6.07) is 16.4. The Hall–Kier alpha value is -2.83. The summed E-state index contributed by atoms with van der Waals surface area (Å²) >= 11 is 0. The molecule has 2 saturated heterocycles. The number of benzene rings is 2. The molecule has 2 aliphatic heterocycles. The number of rotatable bonds is 10. The number of likely N-dealkylation sites (tertiary alicyclic amines) is 2. The van der Waals surface area contributed by atoms with E-state index in [0.29, 0.717) is 5.56 Å². The summed E-state index contributed by atoms with van der Waals surface area (Å²) in [5, 5.41) is 0.949. The molecule has 0 bridgehead atoms. The first kappa shape index (κ1) is 23.9. The summed E-state index contributed by atoms with van der Waals surface area (Å²) in [5.74, 6) is -0.268. The van der Waals surface area contributed by atoms with Gasteiger partial charge in [-0.15, -0.1) is 0 Å². The number of ether oxygens (including phenoxy) is 1. The number of anilines is 1. The Morgan fingerprint density at radius 2 is 1.54 bits per heavy atom. The molecule has 186 valence electrons. The van der Waals surface area contributed by atoms with Crippen molar-refractivity contribution in [3.63, 3.8) is 0 Å². The molecule has 1 N–H and O–H groups in total. The number of hydrogen-bond acceptors (Lipinski definition) is 5. The highest BCUT2D eigenvalue weighted by Crippen LogP contribution is 2.28. The number of esters is 1. The van der Waals surface area contributed by atoms with E-state index < -0.39 is 0 Å². The van der Waals surface area contributed by atoms with Crippen LogP contribution in [0.4, 0.5) is 5.69 Å². The highest BCUT2D eigenvalue weighted by atomic mass is 16.5. The van der Waals surface area contributed by atoms with Gasteiger partial charge in [-0.2, -0.15) is 0 Å². The van der Waals surface area contributed by atoms with Crippen LogP contribution in [0.15, 0.2) is 48.5 Å². The smallest absolute Gasteiger partial charge is 0.340 e. The number of hydrogen-bond donors (Lipinski definition) is 1. The van der Waals surface area contributed by atoms with Crippen molar-refractivity contribution in [2.45, 2.75) is 39.2 Å². The standard InChI is InChI=1S/C29H38N4O2/c1-23-28(29(34)35-22-24-9-3-2-4-10-24)26-21-25(11-12-27(26)30-23)33(19-17-31-13-5-6-14-31)20-18-32-15-7-8-16-32/h2-4,9-12,21,30H,5-8,13-20,22H2,1H3. The second-order valence-corrected chi connectivity index (χ2v) is 10.0. The van der Waals surface area contributed by atoms with Gasteiger partial charge in [0.05, 0.1) is 5.56 Å². The zero-order valence-electron chi connectivity index (χ0n) is 21.0. The largest absolute Gasteiger partial charge is 0.457 e. The average molecular weight is 475 g/mol. The van der Waals surface area contributed by atoms with Gasteiger partial charge in [0.1, 0.15) is 6.61 Å². The lowest BCUT2D eigenvalue weighted by Crippen LogP contribution is -2.38. The summed E-state index contributed by atoms with van der Waals surface area (Å²) in [7, 11) is 0. The van der Waals surface area contributed by atoms with Crippen molar-refractivity contribution in [1.29, 1.82) is 0 Å². The molecule has 2 fully saturated rings. The Bertz CT molecular complexity index is 1090. The Labute approximate surface area is 208 Å². The third-order valence-electron chi connectivity index (χ3n) is 7.52. The van der Waals surface area contributed by atoms with Crippen LogP contribution in [-0.4, -0.2) is 73.1 Å². The van der Waals surface area contributed by atoms with Gasteiger partial charge in [-0.1, -0.05) is 30.3 Å². The molecule has 0 amide bonds. The third-order valence-corrected chi connectivity index (χ3v) is 7.52. The molecule has 2 aliphatic rings. The number of nitrogens with zero attached hydrogens (tertiary/aromatic N) is 3. The Balaban J connectivity index is 1.35. The van der Waals surface area contributed by atoms with E-state index in [1.807, 2.05) is 37.3 Å². The van der Waals surface area contributed by atoms with Crippen LogP contribution in [0.5, 0.6) is 0 Å². The fraction of sp³-hybridized carbons (Fsp3) is 0.483. The molecule has 1 aromatic heterocycles. The summed E-state index contributed by atoms with van der Waals surface area (Å²) in [6.07, 6.45) is 5.27. The quantitative estimate of drug-likeness (QED) is 0.427. The number of H-pyrrole nitrogens is 1. The van der Waals surface area contributed by atoms with Gasteiger partial charge < -0.3 is 24.4 Å². The summed E-state index contributed by atoms with van der Waals surface area (Å²) in [4.78, 5) is 24.2. The molecule has 0 saturated carbocycles. The second-order valence-electron chi connectivity index (χ2n) is 10.0. The molecule has 0 atom stereocenters. The third kappa shape index (κ3) is 5.88. The van der Waals surface area contributed by atoms with Crippen molar-refractivity contribution in [3.05, 3.63) is 65.4 Å². The molecule has 0 aliphatic carbocycles. The highest BCUT2D eigenvalue weighted by Gasteiger charge is 2.21. The fourth-order valence-electron chi connectivity index (χ4n) is 5.48. The zero-order valence-corrected chi connectivity index (χ0v) is 21.0. The normalized spacial score (nSPS) is 16.8. The average Bonchev–Trinajstić information content (AvgIpc) is 3.64. The Kier molecular flexibility index (Phi) is 7.69. The van der Waals surface area contributed by atoms with Crippen LogP contribution in [0.3, 0.4) is 0 Å². The van der Waals surface area contributed by atoms with Crippen molar-refractivity contribution in [2.24, 2.45) is 0 Å². The van der Waals surface area contributed by atoms with E-state index in [-0.39, 0.29) is 12.6 Å². The molecular formula is C29H38N4O2. The van der Waals surface area contributed by atoms with Crippen LogP contribution in [0.1, 0.15) is 47.3 Å². The Morgan fingerprint density at radius 1 is 0.914 bits per heavy atom. The van der Waals surface area contributed by atoms with Gasteiger partial charge in [0.15, 0.2) is 0 Å². The highest BCUT2D eigenvalue weighted by molar-refractivity contribution is 6.06. The number of aromatic amines is 1. The van der Waals surface area contributed by atoms with E-state index in [0.717, 1.165) is 48.3 Å². The molecule has 0 radical (unpaired) electrons. The molecule has 2 aromatic carbocycles. The first-order chi connectivity index (χ1) is 17.2. The van der Waals surface area contributed by atoms with E-state index in [2.05, 4.69) is 37.9 Å². The van der Waals surface area contributed by atoms with E-state index >= 15 is 0 Å². The van der Waals surface area contributed by atoms with Crippen molar-refractivity contribution in [3.8, 4) is 0 Å². The maximum Gasteiger partial charge on any atom is 0.340 e. The molecule has 0 unspecified atom stereocenters. The summed E-state index contributed by atoms with van der Waals surface area (Å²) in [5.41, 5.74) is 4.67. The Morgan fingerprint density at radius 3 is 2.17 bits per heavy atom. The van der Waals surface area contributed by atoms with Crippen LogP contribution < -0.4 is 4.90 Å². The SMILES string of the molecule is Cc1[nH]c2ccc(N(CCN3CCCC3)CCN3CCCC3)cc2c1C(=O)OCc1ccccc1. The van der Waals surface area contributed by atoms with Gasteiger partial charge in [0, 0.05) is 48.5 Å². The monoisotopic (exact) mass is 474 g/mol. The van der Waals surface area contributed by atoms with E-state index in [1.54, 1.807) is 0 Å². The zero-order chi connectivity index (χ0) is 24.0. The van der Waals surface area contributed by atoms with E-state index in [9.17, 15) is 4.79 Å². The lowest BCUT2D eigenvalue weighted by molar-refractivity contribution is 0.0474. The minimum absolute atomic E-state index is 0.268. The van der Waals surface area contributed by atoms with Crippen LogP contribution in [-0.2, 0) is 11.3 Å². The lowest BCUT2D eigenvalue weighted by atomic mass is 10.1. The topological polar surface area (TPSA) is 51.8 Å². The van der Waals surface area contributed by atoms with Crippen LogP contribution in [0.2, 0.25) is 0 Å². The van der Waals surface area contributed by atoms with Gasteiger partial charge in [-0.25, -0.2) is 4.79 Å². The molecule has 3 heterocycles. The predicted octanol–water partition coefficient (Wildman–Crippen LogP) is 4.83. The minimum Gasteiger partial charge on any atom is -0.457 e. The van der Waals surface area contributed by atoms with Gasteiger partial charge in [-0.3, -0.25) is 0 Å². The van der Waals surface area contributed by atoms with Gasteiger partial charge in [-0.05, 0) is 82.5 Å². The van der Waals surface area contributed by atoms with Crippen molar-refractivity contribution < 1.29 is 9.53 Å². The molecule has 6 nitrogen and oxygen atoms in total. The summed E-state index contributed by atoms with van der Waals surface area (Å²) < 4.78 is 5.71. The van der Waals surface area contributed by atoms with Gasteiger partial charge in [0.25, 0.3) is 0 Å². The van der Waals surface area contributed by atoms with Crippen molar-refractivity contribution >= 4 is 22.6 Å². The van der Waals surface area contributed by atoms with Crippen LogP contribution in [0, 0.1) is 6.92 Å². The predicted molar refractivity (Wildman–Crippen MR) is 142 cm³/mol. The summed E-state index contributed by atoms with van der Waals surface area (Å²) in [6.45, 7) is 11.3. The maximum absolute atomic E-state index is 13.1. The van der Waals surface area contributed by atoms with E-state index in [1.165, 1.54) is 57.5 Å². The number of nitrogens with one attached hydrogen (secondary N) is 1. The first-order valence-corrected chi connectivity index (χ1v) is 13.2. The lowest BCUT2D eigenvalue weighted by Gasteiger charge is -2.29. The van der Waals surface area contributed by atoms with Crippen molar-refractivity contribution in [2.75, 3.05) is 57.3 Å². The van der Waals surface area contributed by atoms with Gasteiger partial charge >= 0.3 is 5.97 Å². The molecule has 0 spiro atoms. The number of fused-ring (bicyclic) bond motifs is 1. The minimum atomic E-state index is -0.268. The fourth-order valence-corrected chi connectivity index (χ4v) is 5.48. The number of carbonyl (C=O) groups is 1. The van der Waals surface area contributed by atoms with Gasteiger partial charge in [0.2, 0.25) is 0 Å². The van der Waals surface area contributed by atoms with Crippen LogP contribution >= 0.6 is 0 Å². The van der Waals surface area contributed by atoms with Crippen LogP contribution in [0.25, 0.3) is 10.9 Å². The molecule has 35 heavy (non-hydrogen) atoms. The van der Waals surface area contributed by atoms with Crippen molar-refractivity contribution in [1.82, 2.24) is 14.8 Å². The first-order valence-electron chi connectivity index (χ1n) is 13.2.